The summed E-state index contributed by atoms with van der Waals surface area (Å²) >= 11 is 1.38. The van der Waals surface area contributed by atoms with Crippen LogP contribution in [0.5, 0.6) is 11.5 Å². The van der Waals surface area contributed by atoms with Gasteiger partial charge >= 0.3 is 0 Å². The van der Waals surface area contributed by atoms with Crippen molar-refractivity contribution in [3.05, 3.63) is 72.7 Å². The number of aromatic nitrogens is 6. The van der Waals surface area contributed by atoms with E-state index < -0.39 is 11.6 Å². The molecule has 0 saturated carbocycles. The highest BCUT2D eigenvalue weighted by atomic mass is 32.2. The monoisotopic (exact) mass is 588 g/mol. The first-order valence-corrected chi connectivity index (χ1v) is 12.5. The van der Waals surface area contributed by atoms with E-state index in [0.29, 0.717) is 16.9 Å². The standard InChI is InChI=1S/C26H26F2N8O2S.2H2O/c1-33(2)39-36-9-8-29-23(36)15-35(26-24(27)20(37-4)11-21(38-5)25(26)28)22-7-6-18-19(32-22)10-16(12-30-18)17-13-31-34(3)14-17;;/h6-14H,15H2,1-5H3;2*1H2. The molecule has 41 heavy (non-hydrogen) atoms. The molecule has 0 radical (unpaired) electrons. The molecule has 0 unspecified atom stereocenters. The van der Waals surface area contributed by atoms with E-state index >= 15 is 8.78 Å². The summed E-state index contributed by atoms with van der Waals surface area (Å²) in [6.07, 6.45) is 8.73. The quantitative estimate of drug-likeness (QED) is 0.237. The molecule has 0 aliphatic heterocycles. The van der Waals surface area contributed by atoms with E-state index in [1.54, 1.807) is 41.6 Å². The second-order valence-electron chi connectivity index (χ2n) is 8.74. The van der Waals surface area contributed by atoms with Crippen molar-refractivity contribution in [3.63, 3.8) is 0 Å². The number of imidazole rings is 1. The number of aryl methyl sites for hydroxylation is 1. The fourth-order valence-electron chi connectivity index (χ4n) is 4.08. The number of pyridine rings is 2. The Morgan fingerprint density at radius 3 is 2.24 bits per heavy atom. The SMILES string of the molecule is COc1cc(OC)c(F)c(N(Cc2nccn2SN(C)C)c2ccc3ncc(-c4cnn(C)c4)cc3n2)c1F.O.O. The van der Waals surface area contributed by atoms with Gasteiger partial charge in [0.25, 0.3) is 0 Å². The van der Waals surface area contributed by atoms with E-state index in [1.165, 1.54) is 37.3 Å². The van der Waals surface area contributed by atoms with Crippen molar-refractivity contribution in [2.45, 2.75) is 6.54 Å². The minimum Gasteiger partial charge on any atom is -0.493 e. The van der Waals surface area contributed by atoms with Crippen LogP contribution in [0.1, 0.15) is 5.82 Å². The van der Waals surface area contributed by atoms with Gasteiger partial charge in [-0.1, -0.05) is 0 Å². The largest absolute Gasteiger partial charge is 0.493 e. The molecule has 0 atom stereocenters. The van der Waals surface area contributed by atoms with Gasteiger partial charge in [0.15, 0.2) is 23.1 Å². The molecular formula is C26H30F2N8O4S. The second-order valence-corrected chi connectivity index (χ2v) is 10.0. The molecule has 4 N–H and O–H groups in total. The molecule has 0 aliphatic carbocycles. The van der Waals surface area contributed by atoms with Crippen LogP contribution in [0.15, 0.2) is 55.2 Å². The Labute approximate surface area is 239 Å². The highest BCUT2D eigenvalue weighted by molar-refractivity contribution is 7.95. The summed E-state index contributed by atoms with van der Waals surface area (Å²) in [5, 5.41) is 4.22. The molecule has 0 aliphatic rings. The Balaban J connectivity index is 0.00000231. The number of anilines is 2. The molecular weight excluding hydrogens is 558 g/mol. The molecule has 0 saturated heterocycles. The summed E-state index contributed by atoms with van der Waals surface area (Å²) in [5.41, 5.74) is 2.47. The van der Waals surface area contributed by atoms with Gasteiger partial charge < -0.3 is 25.3 Å². The van der Waals surface area contributed by atoms with Gasteiger partial charge in [-0.3, -0.25) is 13.6 Å². The number of nitrogens with zero attached hydrogens (tertiary/aromatic N) is 8. The normalized spacial score (nSPS) is 10.8. The van der Waals surface area contributed by atoms with Crippen LogP contribution in [0.2, 0.25) is 0 Å². The maximum Gasteiger partial charge on any atom is 0.191 e. The molecule has 15 heteroatoms. The van der Waals surface area contributed by atoms with Crippen LogP contribution in [-0.2, 0) is 13.6 Å². The van der Waals surface area contributed by atoms with Crippen LogP contribution in [0.3, 0.4) is 0 Å². The van der Waals surface area contributed by atoms with Crippen LogP contribution >= 0.6 is 12.1 Å². The number of hydrogen-bond acceptors (Lipinski definition) is 9. The third-order valence-corrected chi connectivity index (χ3v) is 6.72. The second kappa shape index (κ2) is 12.9. The average molecular weight is 589 g/mol. The predicted octanol–water partition coefficient (Wildman–Crippen LogP) is 3.18. The topological polar surface area (TPSA) is 149 Å². The van der Waals surface area contributed by atoms with Gasteiger partial charge in [0, 0.05) is 61.2 Å². The minimum absolute atomic E-state index is 0. The number of benzene rings is 1. The summed E-state index contributed by atoms with van der Waals surface area (Å²) in [6.45, 7) is -0.00771. The molecule has 0 bridgehead atoms. The summed E-state index contributed by atoms with van der Waals surface area (Å²) in [6, 6.07) is 6.46. The lowest BCUT2D eigenvalue weighted by Gasteiger charge is -2.26. The molecule has 1 aromatic carbocycles. The Hall–Kier alpha value is -4.31. The van der Waals surface area contributed by atoms with Crippen molar-refractivity contribution in [3.8, 4) is 22.6 Å². The van der Waals surface area contributed by atoms with Gasteiger partial charge in [0.05, 0.1) is 38.0 Å². The van der Waals surface area contributed by atoms with Gasteiger partial charge in [-0.05, 0) is 32.3 Å². The molecule has 5 aromatic rings. The first-order valence-electron chi connectivity index (χ1n) is 11.8. The van der Waals surface area contributed by atoms with Crippen molar-refractivity contribution >= 4 is 34.7 Å². The van der Waals surface area contributed by atoms with E-state index in [1.807, 2.05) is 41.7 Å². The van der Waals surface area contributed by atoms with Crippen molar-refractivity contribution in [2.24, 2.45) is 7.05 Å². The molecule has 4 aromatic heterocycles. The number of halogens is 2. The fourth-order valence-corrected chi connectivity index (χ4v) is 4.74. The Morgan fingerprint density at radius 1 is 0.927 bits per heavy atom. The molecule has 0 fully saturated rings. The lowest BCUT2D eigenvalue weighted by Crippen LogP contribution is -2.23. The zero-order chi connectivity index (χ0) is 27.7. The molecule has 0 amide bonds. The zero-order valence-electron chi connectivity index (χ0n) is 23.0. The summed E-state index contributed by atoms with van der Waals surface area (Å²) in [5.74, 6) is -1.29. The molecule has 218 valence electrons. The Morgan fingerprint density at radius 2 is 1.63 bits per heavy atom. The van der Waals surface area contributed by atoms with Crippen LogP contribution < -0.4 is 14.4 Å². The predicted molar refractivity (Wildman–Crippen MR) is 153 cm³/mol. The van der Waals surface area contributed by atoms with Crippen LogP contribution in [0, 0.1) is 11.6 Å². The first-order chi connectivity index (χ1) is 18.8. The van der Waals surface area contributed by atoms with Gasteiger partial charge in [0.1, 0.15) is 17.3 Å². The highest BCUT2D eigenvalue weighted by Crippen LogP contribution is 2.41. The summed E-state index contributed by atoms with van der Waals surface area (Å²) < 4.78 is 47.3. The fraction of sp³-hybridized carbons (Fsp3) is 0.231. The number of ether oxygens (including phenoxy) is 2. The number of methoxy groups -OCH3 is 2. The van der Waals surface area contributed by atoms with E-state index in [-0.39, 0.29) is 40.5 Å². The minimum atomic E-state index is -0.890. The smallest absolute Gasteiger partial charge is 0.191 e. The zero-order valence-corrected chi connectivity index (χ0v) is 23.8. The van der Waals surface area contributed by atoms with E-state index in [0.717, 1.165) is 11.1 Å². The van der Waals surface area contributed by atoms with Crippen LogP contribution in [-0.4, -0.2) is 72.3 Å². The molecule has 12 nitrogen and oxygen atoms in total. The third kappa shape index (κ3) is 6.22. The van der Waals surface area contributed by atoms with Gasteiger partial charge in [-0.2, -0.15) is 5.10 Å². The summed E-state index contributed by atoms with van der Waals surface area (Å²) in [4.78, 5) is 15.2. The van der Waals surface area contributed by atoms with Crippen molar-refractivity contribution in [1.82, 2.24) is 33.0 Å². The highest BCUT2D eigenvalue weighted by Gasteiger charge is 2.28. The average Bonchev–Trinajstić information content (AvgIpc) is 3.55. The lowest BCUT2D eigenvalue weighted by molar-refractivity contribution is 0.358. The van der Waals surface area contributed by atoms with Crippen LogP contribution in [0.4, 0.5) is 20.3 Å². The molecule has 0 spiro atoms. The summed E-state index contributed by atoms with van der Waals surface area (Å²) in [7, 11) is 8.22. The number of rotatable bonds is 9. The maximum atomic E-state index is 15.8. The van der Waals surface area contributed by atoms with Crippen molar-refractivity contribution in [1.29, 1.82) is 0 Å². The van der Waals surface area contributed by atoms with E-state index in [4.69, 9.17) is 14.5 Å². The lowest BCUT2D eigenvalue weighted by atomic mass is 10.1. The van der Waals surface area contributed by atoms with Gasteiger partial charge in [-0.15, -0.1) is 0 Å². The first kappa shape index (κ1) is 31.2. The number of hydrogen-bond donors (Lipinski definition) is 0. The maximum absolute atomic E-state index is 15.8. The van der Waals surface area contributed by atoms with Crippen LogP contribution in [0.25, 0.3) is 22.2 Å². The Bertz CT molecular complexity index is 1620. The molecule has 4 heterocycles. The van der Waals surface area contributed by atoms with Gasteiger partial charge in [0.2, 0.25) is 0 Å². The van der Waals surface area contributed by atoms with Gasteiger partial charge in [-0.25, -0.2) is 23.1 Å². The van der Waals surface area contributed by atoms with E-state index in [9.17, 15) is 0 Å². The Kier molecular flexibility index (Phi) is 9.83. The van der Waals surface area contributed by atoms with E-state index in [2.05, 4.69) is 15.1 Å². The molecule has 5 rings (SSSR count). The van der Waals surface area contributed by atoms with Crippen molar-refractivity contribution in [2.75, 3.05) is 33.2 Å². The van der Waals surface area contributed by atoms with Crippen molar-refractivity contribution < 1.29 is 29.2 Å². The third-order valence-electron chi connectivity index (χ3n) is 5.89. The number of fused-ring (bicyclic) bond motifs is 1.